The van der Waals surface area contributed by atoms with Crippen molar-refractivity contribution in [2.24, 2.45) is 17.1 Å². The van der Waals surface area contributed by atoms with Gasteiger partial charge in [0.2, 0.25) is 0 Å². The van der Waals surface area contributed by atoms with Gasteiger partial charge in [-0.25, -0.2) is 8.78 Å². The van der Waals surface area contributed by atoms with E-state index in [0.29, 0.717) is 12.8 Å². The zero-order valence-electron chi connectivity index (χ0n) is 9.15. The summed E-state index contributed by atoms with van der Waals surface area (Å²) in [6.07, 6.45) is 2.98. The van der Waals surface area contributed by atoms with Crippen LogP contribution >= 0.6 is 0 Å². The molecule has 1 fully saturated rings. The van der Waals surface area contributed by atoms with E-state index in [9.17, 15) is 8.78 Å². The number of halogens is 2. The number of hydrogen-bond donors (Lipinski definition) is 1. The van der Waals surface area contributed by atoms with Crippen LogP contribution in [0.1, 0.15) is 46.0 Å². The molecule has 84 valence electrons. The fourth-order valence-corrected chi connectivity index (χ4v) is 2.22. The summed E-state index contributed by atoms with van der Waals surface area (Å²) < 4.78 is 27.0. The van der Waals surface area contributed by atoms with Crippen LogP contribution < -0.4 is 5.73 Å². The van der Waals surface area contributed by atoms with Gasteiger partial charge in [0.05, 0.1) is 0 Å². The fraction of sp³-hybridized carbons (Fsp3) is 1.00. The van der Waals surface area contributed by atoms with Gasteiger partial charge in [0.15, 0.2) is 0 Å². The topological polar surface area (TPSA) is 26.0 Å². The van der Waals surface area contributed by atoms with Gasteiger partial charge in [-0.3, -0.25) is 0 Å². The van der Waals surface area contributed by atoms with E-state index < -0.39 is 11.8 Å². The smallest absolute Gasteiger partial charge is 0.252 e. The number of alkyl halides is 2. The van der Waals surface area contributed by atoms with Gasteiger partial charge < -0.3 is 5.73 Å². The first-order valence-corrected chi connectivity index (χ1v) is 5.45. The predicted molar refractivity (Wildman–Crippen MR) is 54.4 cm³/mol. The fourth-order valence-electron chi connectivity index (χ4n) is 2.22. The van der Waals surface area contributed by atoms with Crippen molar-refractivity contribution >= 4 is 0 Å². The Morgan fingerprint density at radius 3 is 2.21 bits per heavy atom. The summed E-state index contributed by atoms with van der Waals surface area (Å²) in [6.45, 7) is 4.40. The SMILES string of the molecule is CC1(C)CCC(C(F)(F)CCN)CC1. The van der Waals surface area contributed by atoms with E-state index in [-0.39, 0.29) is 18.4 Å². The van der Waals surface area contributed by atoms with Gasteiger partial charge in [-0.1, -0.05) is 13.8 Å². The summed E-state index contributed by atoms with van der Waals surface area (Å²) >= 11 is 0. The molecule has 0 bridgehead atoms. The molecule has 0 radical (unpaired) electrons. The summed E-state index contributed by atoms with van der Waals surface area (Å²) in [5.74, 6) is -2.97. The highest BCUT2D eigenvalue weighted by atomic mass is 19.3. The Balaban J connectivity index is 2.48. The first kappa shape index (κ1) is 11.9. The molecule has 1 saturated carbocycles. The lowest BCUT2D eigenvalue weighted by Crippen LogP contribution is -2.35. The lowest BCUT2D eigenvalue weighted by Gasteiger charge is -2.37. The highest BCUT2D eigenvalue weighted by molar-refractivity contribution is 4.85. The summed E-state index contributed by atoms with van der Waals surface area (Å²) in [4.78, 5) is 0. The van der Waals surface area contributed by atoms with E-state index in [1.165, 1.54) is 0 Å². The Kier molecular flexibility index (Phi) is 3.51. The van der Waals surface area contributed by atoms with Crippen molar-refractivity contribution in [2.45, 2.75) is 51.9 Å². The van der Waals surface area contributed by atoms with Crippen LogP contribution in [0.3, 0.4) is 0 Å². The Labute approximate surface area is 85.1 Å². The van der Waals surface area contributed by atoms with Crippen LogP contribution in [0.5, 0.6) is 0 Å². The van der Waals surface area contributed by atoms with Gasteiger partial charge in [0, 0.05) is 12.3 Å². The predicted octanol–water partition coefficient (Wildman–Crippen LogP) is 3.19. The van der Waals surface area contributed by atoms with Crippen LogP contribution in [0.15, 0.2) is 0 Å². The van der Waals surface area contributed by atoms with Crippen LogP contribution in [-0.4, -0.2) is 12.5 Å². The molecule has 0 aromatic rings. The second kappa shape index (κ2) is 4.13. The first-order valence-electron chi connectivity index (χ1n) is 5.45. The molecule has 14 heavy (non-hydrogen) atoms. The average Bonchev–Trinajstić information content (AvgIpc) is 2.03. The third-order valence-corrected chi connectivity index (χ3v) is 3.41. The van der Waals surface area contributed by atoms with Crippen LogP contribution in [0.2, 0.25) is 0 Å². The molecule has 3 heteroatoms. The normalized spacial score (nSPS) is 23.8. The van der Waals surface area contributed by atoms with Crippen molar-refractivity contribution < 1.29 is 8.78 Å². The maximum absolute atomic E-state index is 13.5. The molecule has 1 nitrogen and oxygen atoms in total. The summed E-state index contributed by atoms with van der Waals surface area (Å²) in [5, 5.41) is 0. The van der Waals surface area contributed by atoms with Crippen LogP contribution in [0.4, 0.5) is 8.78 Å². The highest BCUT2D eigenvalue weighted by Gasteiger charge is 2.41. The molecule has 0 aromatic heterocycles. The molecule has 0 unspecified atom stereocenters. The maximum atomic E-state index is 13.5. The van der Waals surface area contributed by atoms with E-state index in [0.717, 1.165) is 12.8 Å². The largest absolute Gasteiger partial charge is 0.330 e. The third kappa shape index (κ3) is 2.91. The molecule has 1 aliphatic carbocycles. The van der Waals surface area contributed by atoms with Crippen LogP contribution in [0, 0.1) is 11.3 Å². The standard InChI is InChI=1S/C11H21F2N/c1-10(2)5-3-9(4-6-10)11(12,13)7-8-14/h9H,3-8,14H2,1-2H3. The van der Waals surface area contributed by atoms with Crippen molar-refractivity contribution in [2.75, 3.05) is 6.54 Å². The van der Waals surface area contributed by atoms with Gasteiger partial charge >= 0.3 is 0 Å². The van der Waals surface area contributed by atoms with E-state index in [1.54, 1.807) is 0 Å². The molecule has 0 atom stereocenters. The first-order chi connectivity index (χ1) is 6.37. The minimum atomic E-state index is -2.54. The quantitative estimate of drug-likeness (QED) is 0.752. The van der Waals surface area contributed by atoms with Gasteiger partial charge in [-0.05, 0) is 37.6 Å². The lowest BCUT2D eigenvalue weighted by molar-refractivity contribution is -0.0846. The maximum Gasteiger partial charge on any atom is 0.252 e. The minimum Gasteiger partial charge on any atom is -0.330 e. The molecule has 1 rings (SSSR count). The third-order valence-electron chi connectivity index (χ3n) is 3.41. The average molecular weight is 205 g/mol. The Bertz CT molecular complexity index is 180. The molecule has 0 amide bonds. The number of hydrogen-bond acceptors (Lipinski definition) is 1. The van der Waals surface area contributed by atoms with Crippen molar-refractivity contribution in [1.29, 1.82) is 0 Å². The molecule has 0 spiro atoms. The molecular weight excluding hydrogens is 184 g/mol. The summed E-state index contributed by atoms with van der Waals surface area (Å²) in [6, 6.07) is 0. The van der Waals surface area contributed by atoms with E-state index >= 15 is 0 Å². The Morgan fingerprint density at radius 2 is 1.79 bits per heavy atom. The van der Waals surface area contributed by atoms with Crippen molar-refractivity contribution in [3.8, 4) is 0 Å². The van der Waals surface area contributed by atoms with Gasteiger partial charge in [0.25, 0.3) is 5.92 Å². The van der Waals surface area contributed by atoms with Crippen molar-refractivity contribution in [3.05, 3.63) is 0 Å². The highest BCUT2D eigenvalue weighted by Crippen LogP contribution is 2.44. The van der Waals surface area contributed by atoms with E-state index in [1.807, 2.05) is 0 Å². The van der Waals surface area contributed by atoms with E-state index in [4.69, 9.17) is 5.73 Å². The van der Waals surface area contributed by atoms with Crippen LogP contribution in [-0.2, 0) is 0 Å². The number of nitrogens with two attached hydrogens (primary N) is 1. The van der Waals surface area contributed by atoms with Gasteiger partial charge in [0.1, 0.15) is 0 Å². The Morgan fingerprint density at radius 1 is 1.29 bits per heavy atom. The molecule has 0 heterocycles. The molecule has 2 N–H and O–H groups in total. The van der Waals surface area contributed by atoms with Crippen molar-refractivity contribution in [3.63, 3.8) is 0 Å². The molecular formula is C11H21F2N. The number of rotatable bonds is 3. The monoisotopic (exact) mass is 205 g/mol. The van der Waals surface area contributed by atoms with Crippen molar-refractivity contribution in [1.82, 2.24) is 0 Å². The van der Waals surface area contributed by atoms with Crippen LogP contribution in [0.25, 0.3) is 0 Å². The Hall–Kier alpha value is -0.180. The zero-order valence-corrected chi connectivity index (χ0v) is 9.15. The summed E-state index contributed by atoms with van der Waals surface area (Å²) in [7, 11) is 0. The zero-order chi connectivity index (χ0) is 10.8. The molecule has 0 aliphatic heterocycles. The summed E-state index contributed by atoms with van der Waals surface area (Å²) in [5.41, 5.74) is 5.45. The second-order valence-electron chi connectivity index (χ2n) is 5.24. The molecule has 0 aromatic carbocycles. The lowest BCUT2D eigenvalue weighted by atomic mass is 9.71. The molecule has 0 saturated heterocycles. The second-order valence-corrected chi connectivity index (χ2v) is 5.24. The van der Waals surface area contributed by atoms with Gasteiger partial charge in [-0.2, -0.15) is 0 Å². The van der Waals surface area contributed by atoms with E-state index in [2.05, 4.69) is 13.8 Å². The minimum absolute atomic E-state index is 0.0902. The molecule has 1 aliphatic rings. The van der Waals surface area contributed by atoms with Gasteiger partial charge in [-0.15, -0.1) is 0 Å².